The summed E-state index contributed by atoms with van der Waals surface area (Å²) in [4.78, 5) is 2.43. The normalized spacial score (nSPS) is 16.4. The van der Waals surface area contributed by atoms with Crippen LogP contribution in [0.15, 0.2) is 24.3 Å². The highest BCUT2D eigenvalue weighted by molar-refractivity contribution is 5.46. The van der Waals surface area contributed by atoms with Crippen LogP contribution in [-0.4, -0.2) is 50.9 Å². The molecule has 1 fully saturated rings. The monoisotopic (exact) mass is 278 g/mol. The van der Waals surface area contributed by atoms with Crippen molar-refractivity contribution in [2.45, 2.75) is 13.8 Å². The number of ether oxygens (including phenoxy) is 2. The van der Waals surface area contributed by atoms with Gasteiger partial charge in [-0.1, -0.05) is 13.8 Å². The molecule has 4 heteroatoms. The zero-order chi connectivity index (χ0) is 14.2. The number of nitrogens with one attached hydrogen (secondary N) is 1. The Morgan fingerprint density at radius 2 is 1.90 bits per heavy atom. The molecule has 0 spiro atoms. The summed E-state index contributed by atoms with van der Waals surface area (Å²) in [5.74, 6) is 1.50. The van der Waals surface area contributed by atoms with E-state index in [0.29, 0.717) is 5.92 Å². The maximum absolute atomic E-state index is 5.67. The molecule has 1 aromatic rings. The van der Waals surface area contributed by atoms with Crippen LogP contribution in [0.1, 0.15) is 13.8 Å². The first-order valence-electron chi connectivity index (χ1n) is 7.51. The fraction of sp³-hybridized carbons (Fsp3) is 0.625. The summed E-state index contributed by atoms with van der Waals surface area (Å²) in [6.07, 6.45) is 0. The van der Waals surface area contributed by atoms with Gasteiger partial charge in [0.15, 0.2) is 0 Å². The van der Waals surface area contributed by atoms with Crippen LogP contribution in [0.4, 0.5) is 5.69 Å². The van der Waals surface area contributed by atoms with Crippen LogP contribution in [0.3, 0.4) is 0 Å². The van der Waals surface area contributed by atoms with Gasteiger partial charge in [0.25, 0.3) is 0 Å². The third-order valence-electron chi connectivity index (χ3n) is 3.30. The average Bonchev–Trinajstić information content (AvgIpc) is 2.47. The number of benzene rings is 1. The van der Waals surface area contributed by atoms with Crippen molar-refractivity contribution in [1.29, 1.82) is 0 Å². The summed E-state index contributed by atoms with van der Waals surface area (Å²) >= 11 is 0. The molecule has 0 aliphatic carbocycles. The van der Waals surface area contributed by atoms with E-state index in [1.165, 1.54) is 0 Å². The molecular weight excluding hydrogens is 252 g/mol. The second-order valence-electron chi connectivity index (χ2n) is 5.61. The lowest BCUT2D eigenvalue weighted by Gasteiger charge is -2.26. The van der Waals surface area contributed by atoms with Gasteiger partial charge in [-0.15, -0.1) is 0 Å². The van der Waals surface area contributed by atoms with Crippen molar-refractivity contribution in [1.82, 2.24) is 4.90 Å². The minimum absolute atomic E-state index is 0.557. The molecule has 1 aromatic carbocycles. The number of hydrogen-bond acceptors (Lipinski definition) is 4. The molecule has 0 atom stereocenters. The highest BCUT2D eigenvalue weighted by Crippen LogP contribution is 2.16. The minimum atomic E-state index is 0.557. The highest BCUT2D eigenvalue weighted by Gasteiger charge is 2.09. The number of nitrogens with zero attached hydrogens (tertiary/aromatic N) is 1. The first-order chi connectivity index (χ1) is 9.74. The fourth-order valence-corrected chi connectivity index (χ4v) is 2.12. The molecule has 0 saturated carbocycles. The van der Waals surface area contributed by atoms with Gasteiger partial charge >= 0.3 is 0 Å². The van der Waals surface area contributed by atoms with Crippen molar-refractivity contribution in [3.8, 4) is 5.75 Å². The summed E-state index contributed by atoms with van der Waals surface area (Å²) in [5, 5.41) is 3.45. The Balaban J connectivity index is 1.67. The van der Waals surface area contributed by atoms with Gasteiger partial charge in [-0.05, 0) is 30.2 Å². The van der Waals surface area contributed by atoms with Crippen LogP contribution in [-0.2, 0) is 4.74 Å². The van der Waals surface area contributed by atoms with Crippen LogP contribution in [0, 0.1) is 5.92 Å². The Morgan fingerprint density at radius 1 is 1.20 bits per heavy atom. The first kappa shape index (κ1) is 15.1. The van der Waals surface area contributed by atoms with Crippen molar-refractivity contribution < 1.29 is 9.47 Å². The number of rotatable bonds is 7. The van der Waals surface area contributed by atoms with E-state index in [9.17, 15) is 0 Å². The zero-order valence-corrected chi connectivity index (χ0v) is 12.6. The summed E-state index contributed by atoms with van der Waals surface area (Å²) in [7, 11) is 0. The predicted molar refractivity (Wildman–Crippen MR) is 82.5 cm³/mol. The van der Waals surface area contributed by atoms with Crippen molar-refractivity contribution in [3.05, 3.63) is 24.3 Å². The third kappa shape index (κ3) is 5.39. The third-order valence-corrected chi connectivity index (χ3v) is 3.30. The SMILES string of the molecule is CC(C)COc1ccc(NCCN2CCOCC2)cc1. The summed E-state index contributed by atoms with van der Waals surface area (Å²) in [6.45, 7) is 10.9. The average molecular weight is 278 g/mol. The Morgan fingerprint density at radius 3 is 2.55 bits per heavy atom. The predicted octanol–water partition coefficient (Wildman–Crippen LogP) is 2.47. The largest absolute Gasteiger partial charge is 0.493 e. The molecule has 112 valence electrons. The maximum atomic E-state index is 5.67. The smallest absolute Gasteiger partial charge is 0.119 e. The van der Waals surface area contributed by atoms with Gasteiger partial charge in [0.05, 0.1) is 19.8 Å². The van der Waals surface area contributed by atoms with Crippen LogP contribution >= 0.6 is 0 Å². The quantitative estimate of drug-likeness (QED) is 0.831. The van der Waals surface area contributed by atoms with Crippen molar-refractivity contribution in [3.63, 3.8) is 0 Å². The second-order valence-corrected chi connectivity index (χ2v) is 5.61. The van der Waals surface area contributed by atoms with Gasteiger partial charge < -0.3 is 14.8 Å². The molecule has 1 aliphatic heterocycles. The molecule has 1 aliphatic rings. The molecule has 0 unspecified atom stereocenters. The maximum Gasteiger partial charge on any atom is 0.119 e. The van der Waals surface area contributed by atoms with Crippen LogP contribution in [0.2, 0.25) is 0 Å². The van der Waals surface area contributed by atoms with Crippen LogP contribution < -0.4 is 10.1 Å². The molecule has 1 heterocycles. The van der Waals surface area contributed by atoms with E-state index in [0.717, 1.165) is 57.4 Å². The van der Waals surface area contributed by atoms with E-state index in [1.54, 1.807) is 0 Å². The van der Waals surface area contributed by atoms with Crippen molar-refractivity contribution in [2.24, 2.45) is 5.92 Å². The lowest BCUT2D eigenvalue weighted by Crippen LogP contribution is -2.38. The van der Waals surface area contributed by atoms with E-state index in [1.807, 2.05) is 12.1 Å². The lowest BCUT2D eigenvalue weighted by molar-refractivity contribution is 0.0398. The van der Waals surface area contributed by atoms with E-state index < -0.39 is 0 Å². The second kappa shape index (κ2) is 8.12. The van der Waals surface area contributed by atoms with E-state index in [-0.39, 0.29) is 0 Å². The molecule has 20 heavy (non-hydrogen) atoms. The van der Waals surface area contributed by atoms with E-state index >= 15 is 0 Å². The Labute approximate surface area is 122 Å². The van der Waals surface area contributed by atoms with Gasteiger partial charge in [0, 0.05) is 31.9 Å². The minimum Gasteiger partial charge on any atom is -0.493 e. The van der Waals surface area contributed by atoms with Crippen LogP contribution in [0.5, 0.6) is 5.75 Å². The number of anilines is 1. The van der Waals surface area contributed by atoms with Gasteiger partial charge in [-0.25, -0.2) is 0 Å². The van der Waals surface area contributed by atoms with E-state index in [2.05, 4.69) is 36.2 Å². The molecule has 0 aromatic heterocycles. The fourth-order valence-electron chi connectivity index (χ4n) is 2.12. The molecule has 0 radical (unpaired) electrons. The standard InChI is InChI=1S/C16H26N2O2/c1-14(2)13-20-16-5-3-15(4-6-16)17-7-8-18-9-11-19-12-10-18/h3-6,14,17H,7-13H2,1-2H3. The molecular formula is C16H26N2O2. The van der Waals surface area contributed by atoms with Gasteiger partial charge in [0.2, 0.25) is 0 Å². The molecule has 0 amide bonds. The van der Waals surface area contributed by atoms with Gasteiger partial charge in [-0.2, -0.15) is 0 Å². The highest BCUT2D eigenvalue weighted by atomic mass is 16.5. The van der Waals surface area contributed by atoms with Gasteiger partial charge in [-0.3, -0.25) is 4.90 Å². The molecule has 1 N–H and O–H groups in total. The Kier molecular flexibility index (Phi) is 6.15. The number of morpholine rings is 1. The van der Waals surface area contributed by atoms with Gasteiger partial charge in [0.1, 0.15) is 5.75 Å². The summed E-state index contributed by atoms with van der Waals surface area (Å²) in [6, 6.07) is 8.21. The summed E-state index contributed by atoms with van der Waals surface area (Å²) < 4.78 is 11.0. The molecule has 0 bridgehead atoms. The van der Waals surface area contributed by atoms with Crippen LogP contribution in [0.25, 0.3) is 0 Å². The van der Waals surface area contributed by atoms with Crippen molar-refractivity contribution in [2.75, 3.05) is 51.3 Å². The molecule has 4 nitrogen and oxygen atoms in total. The summed E-state index contributed by atoms with van der Waals surface area (Å²) in [5.41, 5.74) is 1.15. The molecule has 1 saturated heterocycles. The van der Waals surface area contributed by atoms with Crippen molar-refractivity contribution >= 4 is 5.69 Å². The first-order valence-corrected chi connectivity index (χ1v) is 7.51. The Hall–Kier alpha value is -1.26. The Bertz CT molecular complexity index is 373. The molecule has 2 rings (SSSR count). The topological polar surface area (TPSA) is 33.7 Å². The van der Waals surface area contributed by atoms with E-state index in [4.69, 9.17) is 9.47 Å². The zero-order valence-electron chi connectivity index (χ0n) is 12.6. The lowest BCUT2D eigenvalue weighted by atomic mass is 10.2. The number of hydrogen-bond donors (Lipinski definition) is 1.